The summed E-state index contributed by atoms with van der Waals surface area (Å²) in [7, 11) is -3.89. The summed E-state index contributed by atoms with van der Waals surface area (Å²) in [5.74, 6) is -1.25. The zero-order chi connectivity index (χ0) is 10.8. The Bertz CT molecular complexity index is 456. The third kappa shape index (κ3) is 2.99. The number of carbonyl (C=O) groups is 1. The average molecular weight is 217 g/mol. The third-order valence-electron chi connectivity index (χ3n) is 1.24. The third-order valence-corrected chi connectivity index (χ3v) is 1.76. The van der Waals surface area contributed by atoms with Gasteiger partial charge in [-0.05, 0) is 12.1 Å². The van der Waals surface area contributed by atoms with Crippen molar-refractivity contribution in [3.63, 3.8) is 0 Å². The lowest BCUT2D eigenvalue weighted by Crippen LogP contribution is -2.21. The van der Waals surface area contributed by atoms with Gasteiger partial charge in [0, 0.05) is 6.20 Å². The van der Waals surface area contributed by atoms with E-state index in [-0.39, 0.29) is 11.4 Å². The van der Waals surface area contributed by atoms with Gasteiger partial charge in [0.15, 0.2) is 0 Å². The van der Waals surface area contributed by atoms with Gasteiger partial charge in [-0.25, -0.2) is 14.9 Å². The molecule has 1 heterocycles. The van der Waals surface area contributed by atoms with Gasteiger partial charge in [0.1, 0.15) is 5.69 Å². The van der Waals surface area contributed by atoms with Gasteiger partial charge in [0.25, 0.3) is 10.2 Å². The van der Waals surface area contributed by atoms with E-state index in [4.69, 9.17) is 5.11 Å². The van der Waals surface area contributed by atoms with E-state index in [2.05, 4.69) is 10.1 Å². The minimum atomic E-state index is -3.89. The van der Waals surface area contributed by atoms with Crippen LogP contribution in [-0.2, 0) is 10.2 Å². The van der Waals surface area contributed by atoms with Gasteiger partial charge >= 0.3 is 5.97 Å². The maximum atomic E-state index is 10.6. The van der Waals surface area contributed by atoms with Crippen LogP contribution >= 0.6 is 0 Å². The van der Waals surface area contributed by atoms with E-state index in [1.54, 1.807) is 0 Å². The summed E-state index contributed by atoms with van der Waals surface area (Å²) in [5, 5.41) is 13.2. The fourth-order valence-corrected chi connectivity index (χ4v) is 1.23. The highest BCUT2D eigenvalue weighted by Gasteiger charge is 2.07. The van der Waals surface area contributed by atoms with Crippen molar-refractivity contribution in [2.24, 2.45) is 5.14 Å². The number of hydrogen-bond acceptors (Lipinski definition) is 4. The van der Waals surface area contributed by atoms with E-state index in [0.29, 0.717) is 0 Å². The van der Waals surface area contributed by atoms with Crippen LogP contribution in [-0.4, -0.2) is 24.5 Å². The highest BCUT2D eigenvalue weighted by Crippen LogP contribution is 2.08. The minimum Gasteiger partial charge on any atom is -0.477 e. The highest BCUT2D eigenvalue weighted by atomic mass is 32.2. The van der Waals surface area contributed by atoms with Gasteiger partial charge in [0.2, 0.25) is 0 Å². The maximum Gasteiger partial charge on any atom is 0.354 e. The molecule has 0 aromatic carbocycles. The van der Waals surface area contributed by atoms with Gasteiger partial charge in [-0.15, -0.1) is 0 Å². The zero-order valence-electron chi connectivity index (χ0n) is 6.84. The molecule has 1 aromatic rings. The van der Waals surface area contributed by atoms with Crippen molar-refractivity contribution in [1.29, 1.82) is 0 Å². The summed E-state index contributed by atoms with van der Waals surface area (Å²) in [6.07, 6.45) is 1.16. The second-order valence-electron chi connectivity index (χ2n) is 2.38. The van der Waals surface area contributed by atoms with E-state index in [9.17, 15) is 13.2 Å². The van der Waals surface area contributed by atoms with E-state index < -0.39 is 16.2 Å². The number of carboxylic acid groups (broad SMARTS) is 1. The summed E-state index contributed by atoms with van der Waals surface area (Å²) in [5.41, 5.74) is -0.210. The molecule has 8 heteroatoms. The number of hydrogen-bond donors (Lipinski definition) is 3. The second-order valence-corrected chi connectivity index (χ2v) is 3.68. The van der Waals surface area contributed by atoms with Crippen LogP contribution in [0.4, 0.5) is 5.69 Å². The lowest BCUT2D eigenvalue weighted by atomic mass is 10.3. The molecule has 0 unspecified atom stereocenters. The molecule has 0 saturated carbocycles. The molecular formula is C6H7N3O4S. The van der Waals surface area contributed by atoms with Crippen molar-refractivity contribution < 1.29 is 18.3 Å². The molecule has 0 spiro atoms. The zero-order valence-corrected chi connectivity index (χ0v) is 7.65. The number of nitrogens with two attached hydrogens (primary N) is 1. The first kappa shape index (κ1) is 10.4. The molecule has 14 heavy (non-hydrogen) atoms. The van der Waals surface area contributed by atoms with Crippen LogP contribution in [0.3, 0.4) is 0 Å². The molecule has 0 saturated heterocycles. The number of carboxylic acids is 1. The van der Waals surface area contributed by atoms with Crippen LogP contribution in [0.25, 0.3) is 0 Å². The molecular weight excluding hydrogens is 210 g/mol. The second kappa shape index (κ2) is 3.60. The molecule has 76 valence electrons. The van der Waals surface area contributed by atoms with Gasteiger partial charge in [0.05, 0.1) is 5.69 Å². The summed E-state index contributed by atoms with van der Waals surface area (Å²) in [4.78, 5) is 13.9. The first-order valence-electron chi connectivity index (χ1n) is 3.38. The molecule has 0 amide bonds. The Balaban J connectivity index is 3.01. The van der Waals surface area contributed by atoms with Crippen molar-refractivity contribution in [3.05, 3.63) is 24.0 Å². The topological polar surface area (TPSA) is 122 Å². The Morgan fingerprint density at radius 1 is 1.57 bits per heavy atom. The van der Waals surface area contributed by atoms with E-state index >= 15 is 0 Å². The molecule has 0 radical (unpaired) electrons. The van der Waals surface area contributed by atoms with Crippen LogP contribution in [0.2, 0.25) is 0 Å². The van der Waals surface area contributed by atoms with Crippen molar-refractivity contribution in [2.75, 3.05) is 4.72 Å². The van der Waals surface area contributed by atoms with Crippen LogP contribution in [0, 0.1) is 0 Å². The number of anilines is 1. The summed E-state index contributed by atoms with van der Waals surface area (Å²) in [6.45, 7) is 0. The van der Waals surface area contributed by atoms with Gasteiger partial charge < -0.3 is 5.11 Å². The fourth-order valence-electron chi connectivity index (χ4n) is 0.775. The molecule has 1 rings (SSSR count). The van der Waals surface area contributed by atoms with Gasteiger partial charge in [-0.2, -0.15) is 8.42 Å². The van der Waals surface area contributed by atoms with Crippen molar-refractivity contribution >= 4 is 21.9 Å². The fraction of sp³-hybridized carbons (Fsp3) is 0. The van der Waals surface area contributed by atoms with Crippen LogP contribution < -0.4 is 9.86 Å². The van der Waals surface area contributed by atoms with Crippen molar-refractivity contribution in [3.8, 4) is 0 Å². The average Bonchev–Trinajstić information content (AvgIpc) is 2.01. The largest absolute Gasteiger partial charge is 0.477 e. The molecule has 0 aliphatic heterocycles. The minimum absolute atomic E-state index is 0.0555. The standard InChI is InChI=1S/C6H7N3O4S/c7-14(12,13)9-4-1-2-8-5(3-4)6(10)11/h1-3H,(H,8,9)(H,10,11)(H2,7,12,13). The Morgan fingerprint density at radius 3 is 2.71 bits per heavy atom. The SMILES string of the molecule is NS(=O)(=O)Nc1ccnc(C(=O)O)c1. The molecule has 7 nitrogen and oxygen atoms in total. The number of aromatic carboxylic acids is 1. The molecule has 0 aliphatic rings. The number of pyridine rings is 1. The van der Waals surface area contributed by atoms with Crippen LogP contribution in [0.5, 0.6) is 0 Å². The highest BCUT2D eigenvalue weighted by molar-refractivity contribution is 7.90. The molecule has 1 aromatic heterocycles. The number of rotatable bonds is 3. The first-order chi connectivity index (χ1) is 6.38. The van der Waals surface area contributed by atoms with Crippen LogP contribution in [0.15, 0.2) is 18.3 Å². The van der Waals surface area contributed by atoms with Crippen molar-refractivity contribution in [1.82, 2.24) is 4.98 Å². The molecule has 0 atom stereocenters. The predicted octanol–water partition coefficient (Wildman–Crippen LogP) is -0.605. The molecule has 4 N–H and O–H groups in total. The Labute approximate surface area is 79.8 Å². The maximum absolute atomic E-state index is 10.6. The number of aromatic nitrogens is 1. The monoisotopic (exact) mass is 217 g/mol. The summed E-state index contributed by atoms with van der Waals surface area (Å²) in [6, 6.07) is 2.35. The summed E-state index contributed by atoms with van der Waals surface area (Å²) < 4.78 is 23.1. The lowest BCUT2D eigenvalue weighted by molar-refractivity contribution is 0.0690. The Kier molecular flexibility index (Phi) is 2.68. The van der Waals surface area contributed by atoms with Crippen LogP contribution in [0.1, 0.15) is 10.5 Å². The van der Waals surface area contributed by atoms with Gasteiger partial charge in [-0.1, -0.05) is 0 Å². The van der Waals surface area contributed by atoms with E-state index in [1.165, 1.54) is 6.07 Å². The number of nitrogens with one attached hydrogen (secondary N) is 1. The molecule has 0 bridgehead atoms. The quantitative estimate of drug-likeness (QED) is 0.623. The van der Waals surface area contributed by atoms with E-state index in [1.807, 2.05) is 4.72 Å². The van der Waals surface area contributed by atoms with E-state index in [0.717, 1.165) is 12.3 Å². The van der Waals surface area contributed by atoms with Gasteiger partial charge in [-0.3, -0.25) is 4.72 Å². The predicted molar refractivity (Wildman–Crippen MR) is 47.9 cm³/mol. The molecule has 0 aliphatic carbocycles. The molecule has 0 fully saturated rings. The Morgan fingerprint density at radius 2 is 2.21 bits per heavy atom. The summed E-state index contributed by atoms with van der Waals surface area (Å²) >= 11 is 0. The number of nitrogens with zero attached hydrogens (tertiary/aromatic N) is 1. The van der Waals surface area contributed by atoms with Crippen molar-refractivity contribution in [2.45, 2.75) is 0 Å². The lowest BCUT2D eigenvalue weighted by Gasteiger charge is -2.02. The first-order valence-corrected chi connectivity index (χ1v) is 4.93. The Hall–Kier alpha value is -1.67. The smallest absolute Gasteiger partial charge is 0.354 e. The normalized spacial score (nSPS) is 10.9.